The van der Waals surface area contributed by atoms with Crippen LogP contribution in [0.25, 0.3) is 5.69 Å². The summed E-state index contributed by atoms with van der Waals surface area (Å²) in [6, 6.07) is 9.93. The lowest BCUT2D eigenvalue weighted by atomic mass is 9.92. The number of hydrogen-bond donors (Lipinski definition) is 1. The van der Waals surface area contributed by atoms with Crippen LogP contribution in [0.2, 0.25) is 0 Å². The Balaban J connectivity index is 0.00000192. The highest BCUT2D eigenvalue weighted by Crippen LogP contribution is 2.23. The molecule has 6 heteroatoms. The van der Waals surface area contributed by atoms with Crippen molar-refractivity contribution in [3.8, 4) is 5.69 Å². The summed E-state index contributed by atoms with van der Waals surface area (Å²) in [5.41, 5.74) is 7.42. The van der Waals surface area contributed by atoms with E-state index in [1.165, 1.54) is 0 Å². The van der Waals surface area contributed by atoms with Crippen molar-refractivity contribution in [1.29, 1.82) is 0 Å². The van der Waals surface area contributed by atoms with Crippen molar-refractivity contribution < 1.29 is 4.79 Å². The number of nitrogens with two attached hydrogens (primary N) is 1. The molecule has 124 valence electrons. The fraction of sp³-hybridized carbons (Fsp3) is 0.412. The predicted octanol–water partition coefficient (Wildman–Crippen LogP) is 2.49. The van der Waals surface area contributed by atoms with Gasteiger partial charge >= 0.3 is 0 Å². The third-order valence-corrected chi connectivity index (χ3v) is 4.36. The molecule has 1 aliphatic heterocycles. The van der Waals surface area contributed by atoms with E-state index in [0.717, 1.165) is 25.1 Å². The minimum Gasteiger partial charge on any atom is -0.334 e. The lowest BCUT2D eigenvalue weighted by Crippen LogP contribution is -2.49. The van der Waals surface area contributed by atoms with Crippen LogP contribution in [0.3, 0.4) is 0 Å². The summed E-state index contributed by atoms with van der Waals surface area (Å²) < 4.78 is 1.73. The first-order chi connectivity index (χ1) is 10.7. The van der Waals surface area contributed by atoms with Crippen molar-refractivity contribution >= 4 is 18.3 Å². The molecule has 0 bridgehead atoms. The van der Waals surface area contributed by atoms with Crippen molar-refractivity contribution in [1.82, 2.24) is 14.7 Å². The molecular weight excluding hydrogens is 312 g/mol. The fourth-order valence-electron chi connectivity index (χ4n) is 3.06. The lowest BCUT2D eigenvalue weighted by Gasteiger charge is -2.37. The Morgan fingerprint density at radius 3 is 2.78 bits per heavy atom. The van der Waals surface area contributed by atoms with Crippen molar-refractivity contribution in [2.75, 3.05) is 13.1 Å². The van der Waals surface area contributed by atoms with Crippen molar-refractivity contribution in [3.05, 3.63) is 48.3 Å². The summed E-state index contributed by atoms with van der Waals surface area (Å²) in [7, 11) is 0. The van der Waals surface area contributed by atoms with E-state index < -0.39 is 0 Å². The number of carbonyl (C=O) groups is 1. The highest BCUT2D eigenvalue weighted by molar-refractivity contribution is 5.94. The Labute approximate surface area is 142 Å². The summed E-state index contributed by atoms with van der Waals surface area (Å²) >= 11 is 0. The minimum atomic E-state index is 0. The number of hydrogen-bond acceptors (Lipinski definition) is 3. The Morgan fingerprint density at radius 2 is 2.09 bits per heavy atom. The van der Waals surface area contributed by atoms with Crippen LogP contribution in [0.15, 0.2) is 42.7 Å². The van der Waals surface area contributed by atoms with Gasteiger partial charge in [-0.25, -0.2) is 4.68 Å². The first-order valence-corrected chi connectivity index (χ1v) is 7.80. The molecule has 1 amide bonds. The molecule has 2 aromatic rings. The van der Waals surface area contributed by atoms with Gasteiger partial charge in [-0.05, 0) is 30.9 Å². The molecule has 0 radical (unpaired) electrons. The van der Waals surface area contributed by atoms with Crippen molar-refractivity contribution in [3.63, 3.8) is 0 Å². The number of likely N-dealkylation sites (tertiary alicyclic amines) is 1. The van der Waals surface area contributed by atoms with Gasteiger partial charge in [0.25, 0.3) is 5.91 Å². The van der Waals surface area contributed by atoms with Crippen molar-refractivity contribution in [2.45, 2.75) is 25.8 Å². The molecule has 2 N–H and O–H groups in total. The average molecular weight is 335 g/mol. The van der Waals surface area contributed by atoms with Gasteiger partial charge in [0.1, 0.15) is 0 Å². The maximum absolute atomic E-state index is 12.7. The highest BCUT2D eigenvalue weighted by Gasteiger charge is 2.30. The monoisotopic (exact) mass is 334 g/mol. The van der Waals surface area contributed by atoms with Gasteiger partial charge in [0.15, 0.2) is 0 Å². The van der Waals surface area contributed by atoms with Crippen LogP contribution in [-0.4, -0.2) is 39.7 Å². The minimum absolute atomic E-state index is 0. The average Bonchev–Trinajstić information content (AvgIpc) is 3.05. The molecule has 0 spiro atoms. The molecule has 2 unspecified atom stereocenters. The number of rotatable bonds is 3. The molecule has 23 heavy (non-hydrogen) atoms. The molecule has 5 nitrogen and oxygen atoms in total. The predicted molar refractivity (Wildman–Crippen MR) is 93.1 cm³/mol. The van der Waals surface area contributed by atoms with E-state index in [0.29, 0.717) is 18.0 Å². The van der Waals surface area contributed by atoms with E-state index in [1.54, 1.807) is 17.1 Å². The molecule has 2 heterocycles. The summed E-state index contributed by atoms with van der Waals surface area (Å²) in [4.78, 5) is 14.6. The first kappa shape index (κ1) is 17.5. The Morgan fingerprint density at radius 1 is 1.35 bits per heavy atom. The van der Waals surface area contributed by atoms with Gasteiger partial charge < -0.3 is 10.6 Å². The molecule has 1 aromatic carbocycles. The number of halogens is 1. The molecule has 0 aliphatic carbocycles. The van der Waals surface area contributed by atoms with Crippen LogP contribution in [-0.2, 0) is 0 Å². The second-order valence-electron chi connectivity index (χ2n) is 6.03. The van der Waals surface area contributed by atoms with E-state index in [4.69, 9.17) is 5.73 Å². The second kappa shape index (κ2) is 7.62. The third-order valence-electron chi connectivity index (χ3n) is 4.36. The van der Waals surface area contributed by atoms with E-state index in [1.807, 2.05) is 35.2 Å². The largest absolute Gasteiger partial charge is 0.334 e. The zero-order chi connectivity index (χ0) is 15.5. The molecule has 1 aliphatic rings. The number of carbonyl (C=O) groups excluding carboxylic acids is 1. The molecule has 1 fully saturated rings. The topological polar surface area (TPSA) is 64.2 Å². The van der Waals surface area contributed by atoms with Gasteiger partial charge in [-0.2, -0.15) is 5.10 Å². The SMILES string of the molecule is CC1CCN(C(=O)c2cnn(-c3ccccc3)c2)C(CN)C1.Cl. The van der Waals surface area contributed by atoms with E-state index in [-0.39, 0.29) is 24.4 Å². The molecule has 1 saturated heterocycles. The number of amides is 1. The number of para-hydroxylation sites is 1. The van der Waals surface area contributed by atoms with Gasteiger partial charge in [0, 0.05) is 25.3 Å². The summed E-state index contributed by atoms with van der Waals surface area (Å²) in [5, 5.41) is 4.31. The Kier molecular flexibility index (Phi) is 5.80. The van der Waals surface area contributed by atoms with Gasteiger partial charge in [0.05, 0.1) is 17.4 Å². The molecule has 0 saturated carbocycles. The Bertz CT molecular complexity index is 643. The lowest BCUT2D eigenvalue weighted by molar-refractivity contribution is 0.0573. The number of nitrogens with zero attached hydrogens (tertiary/aromatic N) is 3. The van der Waals surface area contributed by atoms with E-state index >= 15 is 0 Å². The number of piperidine rings is 1. The van der Waals surface area contributed by atoms with Crippen LogP contribution in [0.5, 0.6) is 0 Å². The van der Waals surface area contributed by atoms with Crippen LogP contribution >= 0.6 is 12.4 Å². The quantitative estimate of drug-likeness (QED) is 0.938. The van der Waals surface area contributed by atoms with Crippen LogP contribution in [0.4, 0.5) is 0 Å². The van der Waals surface area contributed by atoms with E-state index in [9.17, 15) is 4.79 Å². The van der Waals surface area contributed by atoms with Crippen LogP contribution in [0.1, 0.15) is 30.1 Å². The highest BCUT2D eigenvalue weighted by atomic mass is 35.5. The summed E-state index contributed by atoms with van der Waals surface area (Å²) in [6.07, 6.45) is 5.45. The normalized spacial score (nSPS) is 20.9. The van der Waals surface area contributed by atoms with Crippen molar-refractivity contribution in [2.24, 2.45) is 11.7 Å². The Hall–Kier alpha value is -1.85. The van der Waals surface area contributed by atoms with Gasteiger partial charge in [-0.15, -0.1) is 12.4 Å². The molecule has 3 rings (SSSR count). The van der Waals surface area contributed by atoms with Gasteiger partial charge in [-0.1, -0.05) is 25.1 Å². The standard InChI is InChI=1S/C17H22N4O.ClH/c1-13-7-8-20(16(9-13)10-18)17(22)14-11-19-21(12-14)15-5-3-2-4-6-15;/h2-6,11-13,16H,7-10,18H2,1H3;1H. The van der Waals surface area contributed by atoms with Crippen LogP contribution in [0, 0.1) is 5.92 Å². The zero-order valence-corrected chi connectivity index (χ0v) is 14.1. The third kappa shape index (κ3) is 3.74. The molecular formula is C17H23ClN4O. The second-order valence-corrected chi connectivity index (χ2v) is 6.03. The fourth-order valence-corrected chi connectivity index (χ4v) is 3.06. The van der Waals surface area contributed by atoms with Gasteiger partial charge in [0.2, 0.25) is 0 Å². The van der Waals surface area contributed by atoms with E-state index in [2.05, 4.69) is 12.0 Å². The molecule has 2 atom stereocenters. The smallest absolute Gasteiger partial charge is 0.257 e. The first-order valence-electron chi connectivity index (χ1n) is 7.80. The number of aromatic nitrogens is 2. The maximum Gasteiger partial charge on any atom is 0.257 e. The zero-order valence-electron chi connectivity index (χ0n) is 13.3. The maximum atomic E-state index is 12.7. The summed E-state index contributed by atoms with van der Waals surface area (Å²) in [5.74, 6) is 0.661. The summed E-state index contributed by atoms with van der Waals surface area (Å²) in [6.45, 7) is 3.51. The number of benzene rings is 1. The molecule has 1 aromatic heterocycles. The van der Waals surface area contributed by atoms with Crippen LogP contribution < -0.4 is 5.73 Å². The van der Waals surface area contributed by atoms with Gasteiger partial charge in [-0.3, -0.25) is 4.79 Å².